The van der Waals surface area contributed by atoms with Gasteiger partial charge in [0.05, 0.1) is 12.5 Å². The maximum Gasteiger partial charge on any atom is 0.115 e. The first-order chi connectivity index (χ1) is 7.92. The first-order valence-corrected chi connectivity index (χ1v) is 4.97. The van der Waals surface area contributed by atoms with Crippen molar-refractivity contribution < 1.29 is 4.42 Å². The maximum absolute atomic E-state index is 4.99. The zero-order valence-electron chi connectivity index (χ0n) is 8.47. The smallest absolute Gasteiger partial charge is 0.115 e. The van der Waals surface area contributed by atoms with Gasteiger partial charge < -0.3 is 9.73 Å². The summed E-state index contributed by atoms with van der Waals surface area (Å²) >= 11 is 0. The lowest BCUT2D eigenvalue weighted by Gasteiger charge is -2.03. The van der Waals surface area contributed by atoms with E-state index in [1.165, 1.54) is 0 Å². The molecule has 2 heterocycles. The summed E-state index contributed by atoms with van der Waals surface area (Å²) in [6.45, 7) is 0.736. The molecule has 0 atom stereocenters. The Labute approximate surface area is 91.5 Å². The second-order valence-electron chi connectivity index (χ2n) is 3.51. The Hall–Kier alpha value is -2.30. The van der Waals surface area contributed by atoms with Crippen molar-refractivity contribution in [2.75, 3.05) is 5.32 Å². The zero-order valence-corrected chi connectivity index (χ0v) is 8.47. The number of furan rings is 1. The number of fused-ring (bicyclic) bond motifs is 1. The highest BCUT2D eigenvalue weighted by Crippen LogP contribution is 2.15. The number of nitrogens with one attached hydrogen (secondary N) is 2. The van der Waals surface area contributed by atoms with Crippen molar-refractivity contribution in [2.24, 2.45) is 0 Å². The molecule has 0 fully saturated rings. The van der Waals surface area contributed by atoms with Gasteiger partial charge in [-0.15, -0.1) is 0 Å². The van der Waals surface area contributed by atoms with Crippen LogP contribution in [-0.2, 0) is 6.54 Å². The van der Waals surface area contributed by atoms with Crippen LogP contribution in [0.15, 0.2) is 41.2 Å². The minimum atomic E-state index is 0.736. The lowest BCUT2D eigenvalue weighted by Crippen LogP contribution is -1.97. The Morgan fingerprint density at radius 2 is 2.12 bits per heavy atom. The molecule has 0 radical (unpaired) electrons. The van der Waals surface area contributed by atoms with Crippen molar-refractivity contribution in [2.45, 2.75) is 6.54 Å². The van der Waals surface area contributed by atoms with Crippen molar-refractivity contribution in [1.29, 1.82) is 0 Å². The van der Waals surface area contributed by atoms with Gasteiger partial charge >= 0.3 is 0 Å². The number of benzene rings is 1. The van der Waals surface area contributed by atoms with Crippen molar-refractivity contribution in [3.63, 3.8) is 0 Å². The van der Waals surface area contributed by atoms with Crippen LogP contribution in [0.4, 0.5) is 5.69 Å². The third-order valence-corrected chi connectivity index (χ3v) is 2.39. The molecule has 0 unspecified atom stereocenters. The Morgan fingerprint density at radius 1 is 1.19 bits per heavy atom. The van der Waals surface area contributed by atoms with E-state index in [4.69, 9.17) is 4.42 Å². The maximum atomic E-state index is 4.99. The molecule has 2 N–H and O–H groups in total. The van der Waals surface area contributed by atoms with E-state index in [1.54, 1.807) is 12.5 Å². The van der Waals surface area contributed by atoms with Gasteiger partial charge in [-0.2, -0.15) is 15.4 Å². The molecule has 0 bridgehead atoms. The first-order valence-electron chi connectivity index (χ1n) is 4.97. The topological polar surface area (TPSA) is 66.7 Å². The van der Waals surface area contributed by atoms with Gasteiger partial charge in [-0.25, -0.2) is 0 Å². The summed E-state index contributed by atoms with van der Waals surface area (Å²) in [4.78, 5) is 0. The lowest BCUT2D eigenvalue weighted by molar-refractivity contribution is 0.564. The van der Waals surface area contributed by atoms with Gasteiger partial charge in [0.15, 0.2) is 0 Å². The number of H-pyrrole nitrogens is 1. The SMILES string of the molecule is c1cc(CNc2ccc3n[nH]nc3c2)co1. The number of aromatic nitrogens is 3. The number of hydrogen-bond acceptors (Lipinski definition) is 4. The zero-order chi connectivity index (χ0) is 10.8. The van der Waals surface area contributed by atoms with E-state index < -0.39 is 0 Å². The minimum absolute atomic E-state index is 0.736. The van der Waals surface area contributed by atoms with Gasteiger partial charge in [0.25, 0.3) is 0 Å². The van der Waals surface area contributed by atoms with E-state index >= 15 is 0 Å². The van der Waals surface area contributed by atoms with Gasteiger partial charge in [-0.1, -0.05) is 0 Å². The Bertz CT molecular complexity index is 585. The highest BCUT2D eigenvalue weighted by molar-refractivity contribution is 5.77. The van der Waals surface area contributed by atoms with Crippen molar-refractivity contribution in [1.82, 2.24) is 15.4 Å². The fourth-order valence-electron chi connectivity index (χ4n) is 1.55. The molecule has 0 aliphatic rings. The number of nitrogens with zero attached hydrogens (tertiary/aromatic N) is 2. The van der Waals surface area contributed by atoms with Crippen LogP contribution in [-0.4, -0.2) is 15.4 Å². The third kappa shape index (κ3) is 1.63. The standard InChI is InChI=1S/C11H10N4O/c1-2-10-11(14-15-13-10)5-9(1)12-6-8-3-4-16-7-8/h1-5,7,12H,6H2,(H,13,14,15). The number of rotatable bonds is 3. The van der Waals surface area contributed by atoms with Crippen LogP contribution < -0.4 is 5.32 Å². The summed E-state index contributed by atoms with van der Waals surface area (Å²) in [5.74, 6) is 0. The largest absolute Gasteiger partial charge is 0.472 e. The van der Waals surface area contributed by atoms with Gasteiger partial charge in [-0.05, 0) is 24.3 Å². The summed E-state index contributed by atoms with van der Waals surface area (Å²) < 4.78 is 4.99. The molecule has 3 aromatic rings. The van der Waals surface area contributed by atoms with Gasteiger partial charge in [0.1, 0.15) is 11.0 Å². The van der Waals surface area contributed by atoms with Crippen LogP contribution in [0.1, 0.15) is 5.56 Å². The summed E-state index contributed by atoms with van der Waals surface area (Å²) in [5.41, 5.74) is 3.86. The summed E-state index contributed by atoms with van der Waals surface area (Å²) in [6.07, 6.45) is 3.39. The molecule has 16 heavy (non-hydrogen) atoms. The highest BCUT2D eigenvalue weighted by Gasteiger charge is 2.00. The molecule has 5 nitrogen and oxygen atoms in total. The fraction of sp³-hybridized carbons (Fsp3) is 0.0909. The van der Waals surface area contributed by atoms with Crippen LogP contribution in [0.5, 0.6) is 0 Å². The minimum Gasteiger partial charge on any atom is -0.472 e. The highest BCUT2D eigenvalue weighted by atomic mass is 16.3. The first kappa shape index (κ1) is 8.96. The van der Waals surface area contributed by atoms with Crippen molar-refractivity contribution in [3.8, 4) is 0 Å². The summed E-state index contributed by atoms with van der Waals surface area (Å²) in [6, 6.07) is 7.79. The number of hydrogen-bond donors (Lipinski definition) is 2. The molecule has 0 aliphatic carbocycles. The third-order valence-electron chi connectivity index (χ3n) is 2.39. The average Bonchev–Trinajstić information content (AvgIpc) is 2.97. The molecule has 0 aliphatic heterocycles. The summed E-state index contributed by atoms with van der Waals surface area (Å²) in [5, 5.41) is 13.9. The molecular formula is C11H10N4O. The van der Waals surface area contributed by atoms with Crippen molar-refractivity contribution >= 4 is 16.7 Å². The molecule has 0 amide bonds. The molecular weight excluding hydrogens is 204 g/mol. The average molecular weight is 214 g/mol. The summed E-state index contributed by atoms with van der Waals surface area (Å²) in [7, 11) is 0. The van der Waals surface area contributed by atoms with Crippen LogP contribution >= 0.6 is 0 Å². The van der Waals surface area contributed by atoms with E-state index in [9.17, 15) is 0 Å². The fourth-order valence-corrected chi connectivity index (χ4v) is 1.55. The molecule has 0 saturated carbocycles. The number of anilines is 1. The van der Waals surface area contributed by atoms with Crippen LogP contribution in [0.2, 0.25) is 0 Å². The lowest BCUT2D eigenvalue weighted by atomic mass is 10.2. The molecule has 3 rings (SSSR count). The van der Waals surface area contributed by atoms with Crippen LogP contribution in [0.25, 0.3) is 11.0 Å². The molecule has 0 saturated heterocycles. The Kier molecular flexibility index (Phi) is 2.07. The molecule has 0 spiro atoms. The van der Waals surface area contributed by atoms with Gasteiger partial charge in [0, 0.05) is 17.8 Å². The quantitative estimate of drug-likeness (QED) is 0.701. The van der Waals surface area contributed by atoms with E-state index in [-0.39, 0.29) is 0 Å². The van der Waals surface area contributed by atoms with E-state index in [1.807, 2.05) is 24.3 Å². The predicted molar refractivity (Wildman–Crippen MR) is 59.9 cm³/mol. The van der Waals surface area contributed by atoms with Gasteiger partial charge in [-0.3, -0.25) is 0 Å². The van der Waals surface area contributed by atoms with Crippen molar-refractivity contribution in [3.05, 3.63) is 42.4 Å². The molecule has 1 aromatic carbocycles. The second-order valence-corrected chi connectivity index (χ2v) is 3.51. The van der Waals surface area contributed by atoms with E-state index in [0.29, 0.717) is 0 Å². The Morgan fingerprint density at radius 3 is 3.00 bits per heavy atom. The number of aromatic amines is 1. The molecule has 5 heteroatoms. The monoisotopic (exact) mass is 214 g/mol. The Balaban J connectivity index is 1.78. The van der Waals surface area contributed by atoms with Crippen LogP contribution in [0, 0.1) is 0 Å². The van der Waals surface area contributed by atoms with Crippen LogP contribution in [0.3, 0.4) is 0 Å². The van der Waals surface area contributed by atoms with E-state index in [0.717, 1.165) is 28.8 Å². The molecule has 80 valence electrons. The predicted octanol–water partition coefficient (Wildman–Crippen LogP) is 2.16. The van der Waals surface area contributed by atoms with E-state index in [2.05, 4.69) is 20.7 Å². The second kappa shape index (κ2) is 3.69. The normalized spacial score (nSPS) is 10.8. The molecule has 2 aromatic heterocycles. The van der Waals surface area contributed by atoms with Gasteiger partial charge in [0.2, 0.25) is 0 Å².